The predicted octanol–water partition coefficient (Wildman–Crippen LogP) is 3.98. The summed E-state index contributed by atoms with van der Waals surface area (Å²) in [5, 5.41) is 4.54. The molecule has 1 heterocycles. The summed E-state index contributed by atoms with van der Waals surface area (Å²) in [6, 6.07) is 10.2. The molecule has 2 aromatic rings. The molecular weight excluding hydrogens is 304 g/mol. The first-order valence-corrected chi connectivity index (χ1v) is 7.36. The SMILES string of the molecule is COC1(CNc2ccc3cccc(Br)c3n2)CCC1. The van der Waals surface area contributed by atoms with Crippen molar-refractivity contribution < 1.29 is 4.74 Å². The molecular formula is C15H17BrN2O. The fourth-order valence-corrected chi connectivity index (χ4v) is 2.96. The molecule has 100 valence electrons. The molecule has 0 amide bonds. The zero-order valence-electron chi connectivity index (χ0n) is 10.9. The normalized spacial score (nSPS) is 17.2. The summed E-state index contributed by atoms with van der Waals surface area (Å²) < 4.78 is 6.63. The lowest BCUT2D eigenvalue weighted by Gasteiger charge is -2.40. The molecule has 1 N–H and O–H groups in total. The van der Waals surface area contributed by atoms with Gasteiger partial charge in [-0.1, -0.05) is 12.1 Å². The zero-order chi connectivity index (χ0) is 13.3. The highest BCUT2D eigenvalue weighted by molar-refractivity contribution is 9.10. The predicted molar refractivity (Wildman–Crippen MR) is 81.5 cm³/mol. The number of rotatable bonds is 4. The summed E-state index contributed by atoms with van der Waals surface area (Å²) in [4.78, 5) is 4.66. The van der Waals surface area contributed by atoms with Gasteiger partial charge in [-0.05, 0) is 53.4 Å². The lowest BCUT2D eigenvalue weighted by Crippen LogP contribution is -2.45. The quantitative estimate of drug-likeness (QED) is 0.925. The molecule has 0 bridgehead atoms. The Balaban J connectivity index is 1.80. The van der Waals surface area contributed by atoms with E-state index in [9.17, 15) is 0 Å². The van der Waals surface area contributed by atoms with Crippen molar-refractivity contribution in [2.45, 2.75) is 24.9 Å². The number of nitrogens with one attached hydrogen (secondary N) is 1. The highest BCUT2D eigenvalue weighted by atomic mass is 79.9. The zero-order valence-corrected chi connectivity index (χ0v) is 12.5. The molecule has 1 aromatic carbocycles. The molecule has 0 unspecified atom stereocenters. The third kappa shape index (κ3) is 2.47. The number of hydrogen-bond donors (Lipinski definition) is 1. The van der Waals surface area contributed by atoms with Gasteiger partial charge in [0.2, 0.25) is 0 Å². The van der Waals surface area contributed by atoms with Crippen LogP contribution in [-0.4, -0.2) is 24.2 Å². The molecule has 0 aliphatic heterocycles. The number of halogens is 1. The molecule has 3 nitrogen and oxygen atoms in total. The Labute approximate surface area is 121 Å². The lowest BCUT2D eigenvalue weighted by atomic mass is 9.80. The third-order valence-corrected chi connectivity index (χ3v) is 4.60. The molecule has 0 saturated heterocycles. The van der Waals surface area contributed by atoms with Gasteiger partial charge in [-0.2, -0.15) is 0 Å². The van der Waals surface area contributed by atoms with E-state index in [1.165, 1.54) is 6.42 Å². The first-order valence-electron chi connectivity index (χ1n) is 6.57. The maximum absolute atomic E-state index is 5.61. The van der Waals surface area contributed by atoms with E-state index in [-0.39, 0.29) is 5.60 Å². The van der Waals surface area contributed by atoms with Gasteiger partial charge in [0.15, 0.2) is 0 Å². The molecule has 0 spiro atoms. The number of ether oxygens (including phenoxy) is 1. The Morgan fingerprint density at radius 2 is 2.16 bits per heavy atom. The van der Waals surface area contributed by atoms with Gasteiger partial charge in [0, 0.05) is 23.5 Å². The minimum Gasteiger partial charge on any atom is -0.376 e. The summed E-state index contributed by atoms with van der Waals surface area (Å²) in [6.45, 7) is 0.826. The second-order valence-corrected chi connectivity index (χ2v) is 5.96. The van der Waals surface area contributed by atoms with Crippen LogP contribution in [0.25, 0.3) is 10.9 Å². The molecule has 3 rings (SSSR count). The van der Waals surface area contributed by atoms with Crippen molar-refractivity contribution in [3.63, 3.8) is 0 Å². The minimum absolute atomic E-state index is 0.0184. The topological polar surface area (TPSA) is 34.1 Å². The molecule has 1 aromatic heterocycles. The Morgan fingerprint density at radius 3 is 2.84 bits per heavy atom. The fourth-order valence-electron chi connectivity index (χ4n) is 2.49. The van der Waals surface area contributed by atoms with E-state index in [1.54, 1.807) is 7.11 Å². The number of anilines is 1. The number of para-hydroxylation sites is 1. The number of methoxy groups -OCH3 is 1. The molecule has 0 atom stereocenters. The van der Waals surface area contributed by atoms with Crippen molar-refractivity contribution in [3.8, 4) is 0 Å². The van der Waals surface area contributed by atoms with E-state index in [1.807, 2.05) is 18.2 Å². The maximum Gasteiger partial charge on any atom is 0.126 e. The number of fused-ring (bicyclic) bond motifs is 1. The van der Waals surface area contributed by atoms with Crippen LogP contribution in [0.1, 0.15) is 19.3 Å². The number of aromatic nitrogens is 1. The van der Waals surface area contributed by atoms with Gasteiger partial charge in [-0.15, -0.1) is 0 Å². The van der Waals surface area contributed by atoms with Crippen LogP contribution >= 0.6 is 15.9 Å². The Bertz CT molecular complexity index is 590. The van der Waals surface area contributed by atoms with Gasteiger partial charge in [0.25, 0.3) is 0 Å². The average Bonchev–Trinajstić information content (AvgIpc) is 2.39. The van der Waals surface area contributed by atoms with E-state index in [0.717, 1.165) is 40.6 Å². The number of hydrogen-bond acceptors (Lipinski definition) is 3. The minimum atomic E-state index is 0.0184. The van der Waals surface area contributed by atoms with E-state index >= 15 is 0 Å². The highest BCUT2D eigenvalue weighted by Crippen LogP contribution is 2.35. The molecule has 1 fully saturated rings. The van der Waals surface area contributed by atoms with Gasteiger partial charge >= 0.3 is 0 Å². The molecule has 19 heavy (non-hydrogen) atoms. The second-order valence-electron chi connectivity index (χ2n) is 5.10. The smallest absolute Gasteiger partial charge is 0.126 e. The summed E-state index contributed by atoms with van der Waals surface area (Å²) in [5.41, 5.74) is 1.01. The van der Waals surface area contributed by atoms with Crippen LogP contribution in [0.2, 0.25) is 0 Å². The first kappa shape index (κ1) is 12.9. The first-order chi connectivity index (χ1) is 9.22. The number of pyridine rings is 1. The van der Waals surface area contributed by atoms with Gasteiger partial charge in [-0.25, -0.2) is 4.98 Å². The van der Waals surface area contributed by atoms with Gasteiger partial charge < -0.3 is 10.1 Å². The largest absolute Gasteiger partial charge is 0.376 e. The van der Waals surface area contributed by atoms with Crippen molar-refractivity contribution in [2.75, 3.05) is 19.0 Å². The monoisotopic (exact) mass is 320 g/mol. The highest BCUT2D eigenvalue weighted by Gasteiger charge is 2.36. The van der Waals surface area contributed by atoms with Gasteiger partial charge in [0.1, 0.15) is 5.82 Å². The van der Waals surface area contributed by atoms with Crippen LogP contribution in [-0.2, 0) is 4.74 Å². The lowest BCUT2D eigenvalue weighted by molar-refractivity contribution is -0.0601. The van der Waals surface area contributed by atoms with E-state index in [0.29, 0.717) is 0 Å². The van der Waals surface area contributed by atoms with Crippen molar-refractivity contribution in [3.05, 3.63) is 34.8 Å². The van der Waals surface area contributed by atoms with E-state index < -0.39 is 0 Å². The second kappa shape index (κ2) is 5.10. The van der Waals surface area contributed by atoms with Crippen LogP contribution < -0.4 is 5.32 Å². The van der Waals surface area contributed by atoms with Crippen molar-refractivity contribution in [1.29, 1.82) is 0 Å². The number of nitrogens with zero attached hydrogens (tertiary/aromatic N) is 1. The van der Waals surface area contributed by atoms with Crippen LogP contribution in [0, 0.1) is 0 Å². The van der Waals surface area contributed by atoms with Crippen molar-refractivity contribution in [2.24, 2.45) is 0 Å². The molecule has 1 saturated carbocycles. The van der Waals surface area contributed by atoms with E-state index in [2.05, 4.69) is 38.4 Å². The van der Waals surface area contributed by atoms with Gasteiger partial charge in [-0.3, -0.25) is 0 Å². The van der Waals surface area contributed by atoms with Gasteiger partial charge in [0.05, 0.1) is 11.1 Å². The van der Waals surface area contributed by atoms with Crippen LogP contribution in [0.4, 0.5) is 5.82 Å². The Hall–Kier alpha value is -1.13. The third-order valence-electron chi connectivity index (χ3n) is 3.96. The van der Waals surface area contributed by atoms with Crippen molar-refractivity contribution >= 4 is 32.7 Å². The maximum atomic E-state index is 5.61. The summed E-state index contributed by atoms with van der Waals surface area (Å²) in [7, 11) is 1.80. The van der Waals surface area contributed by atoms with Crippen molar-refractivity contribution in [1.82, 2.24) is 4.98 Å². The van der Waals surface area contributed by atoms with Crippen LogP contribution in [0.3, 0.4) is 0 Å². The fraction of sp³-hybridized carbons (Fsp3) is 0.400. The number of benzene rings is 1. The molecule has 1 aliphatic carbocycles. The molecule has 1 aliphatic rings. The summed E-state index contributed by atoms with van der Waals surface area (Å²) in [5.74, 6) is 0.905. The molecule has 0 radical (unpaired) electrons. The van der Waals surface area contributed by atoms with Crippen LogP contribution in [0.15, 0.2) is 34.8 Å². The molecule has 4 heteroatoms. The summed E-state index contributed by atoms with van der Waals surface area (Å²) >= 11 is 3.55. The standard InChI is InChI=1S/C15H17BrN2O/c1-19-15(8-3-9-15)10-17-13-7-6-11-4-2-5-12(16)14(11)18-13/h2,4-7H,3,8-10H2,1H3,(H,17,18). The van der Waals surface area contributed by atoms with Crippen LogP contribution in [0.5, 0.6) is 0 Å². The Morgan fingerprint density at radius 1 is 1.32 bits per heavy atom. The Kier molecular flexibility index (Phi) is 3.46. The average molecular weight is 321 g/mol. The van der Waals surface area contributed by atoms with E-state index in [4.69, 9.17) is 4.74 Å². The summed E-state index contributed by atoms with van der Waals surface area (Å²) in [6.07, 6.45) is 3.52.